The Kier molecular flexibility index (Phi) is 6.98. The summed E-state index contributed by atoms with van der Waals surface area (Å²) in [4.78, 5) is 51.0. The first-order valence-corrected chi connectivity index (χ1v) is 11.7. The van der Waals surface area contributed by atoms with Gasteiger partial charge in [-0.2, -0.15) is 0 Å². The van der Waals surface area contributed by atoms with E-state index in [0.717, 1.165) is 0 Å². The van der Waals surface area contributed by atoms with Crippen LogP contribution in [0.3, 0.4) is 0 Å². The molecule has 0 saturated heterocycles. The Morgan fingerprint density at radius 3 is 2.26 bits per heavy atom. The van der Waals surface area contributed by atoms with Crippen molar-refractivity contribution in [2.45, 2.75) is 26.9 Å². The number of ether oxygens (including phenoxy) is 2. The Hall–Kier alpha value is -4.99. The standard InChI is InChI=1S/C28H25N3O7/c1-15(2)38-28(34)22-16(3)30-21(14-20(26(30)29)25(32)17-9-6-5-7-10-17)24(27(33)37-4)23(22)18-11-8-12-19(13-18)31(35)36/h5-15H,29H2,1-4H3. The van der Waals surface area contributed by atoms with E-state index in [2.05, 4.69) is 0 Å². The van der Waals surface area contributed by atoms with Gasteiger partial charge in [-0.15, -0.1) is 0 Å². The molecule has 38 heavy (non-hydrogen) atoms. The zero-order chi connectivity index (χ0) is 27.7. The lowest BCUT2D eigenvalue weighted by Crippen LogP contribution is -2.19. The first-order chi connectivity index (χ1) is 18.1. The Bertz CT molecular complexity index is 1600. The molecule has 4 aromatic rings. The van der Waals surface area contributed by atoms with E-state index in [-0.39, 0.29) is 56.3 Å². The third-order valence-corrected chi connectivity index (χ3v) is 6.05. The van der Waals surface area contributed by atoms with E-state index >= 15 is 0 Å². The molecule has 0 aliphatic heterocycles. The molecule has 0 aliphatic rings. The topological polar surface area (TPSA) is 143 Å². The fourth-order valence-corrected chi connectivity index (χ4v) is 4.44. The molecule has 0 unspecified atom stereocenters. The first-order valence-electron chi connectivity index (χ1n) is 11.7. The van der Waals surface area contributed by atoms with E-state index in [1.54, 1.807) is 57.2 Å². The van der Waals surface area contributed by atoms with E-state index in [0.29, 0.717) is 5.56 Å². The predicted molar refractivity (Wildman–Crippen MR) is 140 cm³/mol. The SMILES string of the molecule is COC(=O)c1c(-c2cccc([N+](=O)[O-])c2)c(C(=O)OC(C)C)c(C)n2c(N)c(C(=O)c3ccccc3)cc12. The molecule has 10 heteroatoms. The summed E-state index contributed by atoms with van der Waals surface area (Å²) in [5, 5.41) is 11.5. The number of nitro groups is 1. The number of non-ortho nitro benzene ring substituents is 1. The van der Waals surface area contributed by atoms with Crippen LogP contribution in [0.4, 0.5) is 11.5 Å². The van der Waals surface area contributed by atoms with Crippen molar-refractivity contribution in [3.8, 4) is 11.1 Å². The van der Waals surface area contributed by atoms with E-state index < -0.39 is 23.0 Å². The highest BCUT2D eigenvalue weighted by atomic mass is 16.6. The average molecular weight is 516 g/mol. The van der Waals surface area contributed by atoms with Crippen LogP contribution in [0.2, 0.25) is 0 Å². The molecule has 10 nitrogen and oxygen atoms in total. The highest BCUT2D eigenvalue weighted by Crippen LogP contribution is 2.39. The van der Waals surface area contributed by atoms with Crippen molar-refractivity contribution in [1.82, 2.24) is 4.40 Å². The quantitative estimate of drug-likeness (QED) is 0.157. The molecule has 2 aromatic heterocycles. The number of nitrogens with zero attached hydrogens (tertiary/aromatic N) is 2. The lowest BCUT2D eigenvalue weighted by Gasteiger charge is -2.20. The van der Waals surface area contributed by atoms with Gasteiger partial charge in [0.2, 0.25) is 0 Å². The number of carbonyl (C=O) groups is 3. The fourth-order valence-electron chi connectivity index (χ4n) is 4.44. The van der Waals surface area contributed by atoms with Crippen molar-refractivity contribution in [2.24, 2.45) is 0 Å². The monoisotopic (exact) mass is 515 g/mol. The van der Waals surface area contributed by atoms with Gasteiger partial charge in [-0.25, -0.2) is 9.59 Å². The number of benzene rings is 2. The fraction of sp³-hybridized carbons (Fsp3) is 0.179. The maximum absolute atomic E-state index is 13.4. The molecule has 0 aliphatic carbocycles. The third kappa shape index (κ3) is 4.47. The maximum atomic E-state index is 13.4. The van der Waals surface area contributed by atoms with E-state index in [1.165, 1.54) is 35.8 Å². The van der Waals surface area contributed by atoms with E-state index in [1.807, 2.05) is 0 Å². The van der Waals surface area contributed by atoms with Gasteiger partial charge in [0.25, 0.3) is 5.69 Å². The first kappa shape index (κ1) is 26.1. The van der Waals surface area contributed by atoms with Crippen LogP contribution >= 0.6 is 0 Å². The number of anilines is 1. The average Bonchev–Trinajstić information content (AvgIpc) is 3.24. The highest BCUT2D eigenvalue weighted by molar-refractivity contribution is 6.16. The van der Waals surface area contributed by atoms with Crippen LogP contribution in [0.25, 0.3) is 16.6 Å². The van der Waals surface area contributed by atoms with Crippen molar-refractivity contribution in [2.75, 3.05) is 12.8 Å². The number of aromatic nitrogens is 1. The Morgan fingerprint density at radius 1 is 0.974 bits per heavy atom. The number of methoxy groups -OCH3 is 1. The van der Waals surface area contributed by atoms with Crippen LogP contribution in [0.15, 0.2) is 60.7 Å². The molecule has 4 rings (SSSR count). The molecule has 2 heterocycles. The number of nitrogens with two attached hydrogens (primary N) is 1. The molecule has 0 fully saturated rings. The van der Waals surface area contributed by atoms with Crippen LogP contribution in [0, 0.1) is 17.0 Å². The molecule has 0 bridgehead atoms. The molecule has 2 aromatic carbocycles. The van der Waals surface area contributed by atoms with Gasteiger partial charge in [0.05, 0.1) is 40.3 Å². The molecule has 0 spiro atoms. The molecule has 0 saturated carbocycles. The second kappa shape index (κ2) is 10.2. The van der Waals surface area contributed by atoms with E-state index in [4.69, 9.17) is 15.2 Å². The van der Waals surface area contributed by atoms with Crippen molar-refractivity contribution in [3.63, 3.8) is 0 Å². The second-order valence-corrected chi connectivity index (χ2v) is 8.82. The zero-order valence-corrected chi connectivity index (χ0v) is 21.2. The molecule has 194 valence electrons. The predicted octanol–water partition coefficient (Wildman–Crippen LogP) is 4.99. The summed E-state index contributed by atoms with van der Waals surface area (Å²) in [6, 6.07) is 15.5. The number of ketones is 1. The smallest absolute Gasteiger partial charge is 0.340 e. The number of nitro benzene ring substituents is 1. The summed E-state index contributed by atoms with van der Waals surface area (Å²) < 4.78 is 12.0. The molecule has 0 atom stereocenters. The summed E-state index contributed by atoms with van der Waals surface area (Å²) >= 11 is 0. The Morgan fingerprint density at radius 2 is 1.66 bits per heavy atom. The summed E-state index contributed by atoms with van der Waals surface area (Å²) in [5.74, 6) is -1.97. The van der Waals surface area contributed by atoms with E-state index in [9.17, 15) is 24.5 Å². The minimum Gasteiger partial charge on any atom is -0.465 e. The Labute approximate surface area is 217 Å². The molecule has 0 radical (unpaired) electrons. The van der Waals surface area contributed by atoms with Crippen molar-refractivity contribution < 1.29 is 28.8 Å². The van der Waals surface area contributed by atoms with Gasteiger partial charge in [-0.3, -0.25) is 19.3 Å². The largest absolute Gasteiger partial charge is 0.465 e. The number of nitrogen functional groups attached to an aromatic ring is 1. The van der Waals surface area contributed by atoms with Gasteiger partial charge in [-0.05, 0) is 32.4 Å². The van der Waals surface area contributed by atoms with Crippen molar-refractivity contribution in [1.29, 1.82) is 0 Å². The van der Waals surface area contributed by atoms with Gasteiger partial charge in [0.15, 0.2) is 5.78 Å². The summed E-state index contributed by atoms with van der Waals surface area (Å²) in [6.45, 7) is 4.93. The van der Waals surface area contributed by atoms with Crippen LogP contribution in [-0.2, 0) is 9.47 Å². The number of aryl methyl sites for hydroxylation is 1. The number of hydrogen-bond acceptors (Lipinski definition) is 8. The molecular weight excluding hydrogens is 490 g/mol. The summed E-state index contributed by atoms with van der Waals surface area (Å²) in [7, 11) is 1.17. The van der Waals surface area contributed by atoms with Crippen molar-refractivity contribution in [3.05, 3.63) is 98.7 Å². The third-order valence-electron chi connectivity index (χ3n) is 6.05. The Balaban J connectivity index is 2.17. The van der Waals surface area contributed by atoms with Gasteiger partial charge in [-0.1, -0.05) is 42.5 Å². The lowest BCUT2D eigenvalue weighted by atomic mass is 9.92. The number of pyridine rings is 1. The second-order valence-electron chi connectivity index (χ2n) is 8.82. The van der Waals surface area contributed by atoms with Gasteiger partial charge in [0, 0.05) is 29.0 Å². The highest BCUT2D eigenvalue weighted by Gasteiger charge is 2.32. The normalized spacial score (nSPS) is 11.0. The minimum atomic E-state index is -0.827. The lowest BCUT2D eigenvalue weighted by molar-refractivity contribution is -0.384. The molecule has 2 N–H and O–H groups in total. The van der Waals surface area contributed by atoms with Crippen LogP contribution < -0.4 is 5.73 Å². The maximum Gasteiger partial charge on any atom is 0.340 e. The number of fused-ring (bicyclic) bond motifs is 1. The number of esters is 2. The minimum absolute atomic E-state index is 0.0145. The molecule has 0 amide bonds. The molecular formula is C28H25N3O7. The van der Waals surface area contributed by atoms with Gasteiger partial charge in [0.1, 0.15) is 5.82 Å². The summed E-state index contributed by atoms with van der Waals surface area (Å²) in [6.07, 6.45) is -0.505. The zero-order valence-electron chi connectivity index (χ0n) is 21.2. The van der Waals surface area contributed by atoms with Gasteiger partial charge >= 0.3 is 11.9 Å². The van der Waals surface area contributed by atoms with Crippen LogP contribution in [-0.4, -0.2) is 40.3 Å². The van der Waals surface area contributed by atoms with Crippen LogP contribution in [0.5, 0.6) is 0 Å². The van der Waals surface area contributed by atoms with Gasteiger partial charge < -0.3 is 15.2 Å². The number of hydrogen-bond donors (Lipinski definition) is 1. The van der Waals surface area contributed by atoms with Crippen LogP contribution in [0.1, 0.15) is 56.2 Å². The van der Waals surface area contributed by atoms with Crippen molar-refractivity contribution >= 4 is 34.7 Å². The number of rotatable bonds is 7. The summed E-state index contributed by atoms with van der Waals surface area (Å²) in [5.41, 5.74) is 7.37. The number of carbonyl (C=O) groups excluding carboxylic acids is 3.